The number of aryl methyl sites for hydroxylation is 1. The first-order chi connectivity index (χ1) is 13.1. The summed E-state index contributed by atoms with van der Waals surface area (Å²) in [7, 11) is 1.72. The van der Waals surface area contributed by atoms with Crippen molar-refractivity contribution in [1.82, 2.24) is 4.57 Å². The fourth-order valence-electron chi connectivity index (χ4n) is 3.74. The number of rotatable bonds is 4. The summed E-state index contributed by atoms with van der Waals surface area (Å²) in [5.41, 5.74) is 14.0. The van der Waals surface area contributed by atoms with Gasteiger partial charge in [-0.15, -0.1) is 0 Å². The number of nitrogen functional groups attached to an aromatic ring is 1. The molecule has 0 bridgehead atoms. The van der Waals surface area contributed by atoms with Crippen molar-refractivity contribution in [3.8, 4) is 22.6 Å². The average Bonchev–Trinajstić information content (AvgIpc) is 3.09. The summed E-state index contributed by atoms with van der Waals surface area (Å²) in [6.45, 7) is 4.23. The van der Waals surface area contributed by atoms with Crippen molar-refractivity contribution in [3.05, 3.63) is 78.0 Å². The predicted octanol–water partition coefficient (Wildman–Crippen LogP) is 5.76. The molecule has 1 aromatic heterocycles. The lowest BCUT2D eigenvalue weighted by Gasteiger charge is -2.11. The molecule has 0 amide bonds. The van der Waals surface area contributed by atoms with Gasteiger partial charge in [0.15, 0.2) is 0 Å². The third-order valence-electron chi connectivity index (χ3n) is 5.30. The number of aromatic nitrogens is 1. The van der Waals surface area contributed by atoms with Crippen LogP contribution in [0.4, 0.5) is 5.69 Å². The molecule has 2 N–H and O–H groups in total. The Morgan fingerprint density at radius 2 is 1.78 bits per heavy atom. The van der Waals surface area contributed by atoms with Crippen molar-refractivity contribution in [1.29, 1.82) is 0 Å². The maximum atomic E-state index is 6.17. The van der Waals surface area contributed by atoms with Crippen LogP contribution >= 0.6 is 0 Å². The normalized spacial score (nSPS) is 11.1. The topological polar surface area (TPSA) is 40.2 Å². The minimum absolute atomic E-state index is 0.821. The van der Waals surface area contributed by atoms with E-state index in [4.69, 9.17) is 10.5 Å². The summed E-state index contributed by atoms with van der Waals surface area (Å²) < 4.78 is 7.75. The largest absolute Gasteiger partial charge is 0.496 e. The Balaban J connectivity index is 1.97. The summed E-state index contributed by atoms with van der Waals surface area (Å²) in [5, 5.41) is 1.22. The van der Waals surface area contributed by atoms with E-state index >= 15 is 0 Å². The van der Waals surface area contributed by atoms with Crippen molar-refractivity contribution in [2.45, 2.75) is 20.3 Å². The van der Waals surface area contributed by atoms with Crippen LogP contribution in [-0.4, -0.2) is 11.7 Å². The molecule has 0 saturated heterocycles. The highest BCUT2D eigenvalue weighted by atomic mass is 16.5. The monoisotopic (exact) mass is 356 g/mol. The Hall–Kier alpha value is -3.20. The number of fused-ring (bicyclic) bond motifs is 1. The second kappa shape index (κ2) is 6.84. The Labute approximate surface area is 160 Å². The molecule has 0 aliphatic carbocycles. The molecule has 0 aliphatic rings. The van der Waals surface area contributed by atoms with Crippen LogP contribution in [0.5, 0.6) is 5.75 Å². The molecule has 27 heavy (non-hydrogen) atoms. The minimum atomic E-state index is 0.821. The maximum absolute atomic E-state index is 6.17. The summed E-state index contributed by atoms with van der Waals surface area (Å²) in [4.78, 5) is 0. The lowest BCUT2D eigenvalue weighted by atomic mass is 9.99. The number of anilines is 1. The number of hydrogen-bond donors (Lipinski definition) is 1. The fourth-order valence-corrected chi connectivity index (χ4v) is 3.74. The van der Waals surface area contributed by atoms with Crippen LogP contribution in [0.15, 0.2) is 66.9 Å². The number of ether oxygens (including phenoxy) is 1. The van der Waals surface area contributed by atoms with Crippen LogP contribution in [0.2, 0.25) is 0 Å². The first-order valence-electron chi connectivity index (χ1n) is 9.27. The molecule has 136 valence electrons. The molecule has 4 aromatic rings. The van der Waals surface area contributed by atoms with E-state index < -0.39 is 0 Å². The average molecular weight is 356 g/mol. The quantitative estimate of drug-likeness (QED) is 0.472. The van der Waals surface area contributed by atoms with Gasteiger partial charge in [0.2, 0.25) is 0 Å². The molecule has 3 nitrogen and oxygen atoms in total. The van der Waals surface area contributed by atoms with Crippen LogP contribution < -0.4 is 10.5 Å². The van der Waals surface area contributed by atoms with Crippen molar-refractivity contribution < 1.29 is 4.74 Å². The molecule has 0 radical (unpaired) electrons. The first kappa shape index (κ1) is 17.2. The lowest BCUT2D eigenvalue weighted by molar-refractivity contribution is 0.410. The summed E-state index contributed by atoms with van der Waals surface area (Å²) in [5.74, 6) is 0.935. The van der Waals surface area contributed by atoms with Crippen LogP contribution in [0.25, 0.3) is 27.7 Å². The van der Waals surface area contributed by atoms with Crippen molar-refractivity contribution in [2.24, 2.45) is 0 Å². The second-order valence-electron chi connectivity index (χ2n) is 6.80. The Morgan fingerprint density at radius 3 is 2.56 bits per heavy atom. The molecule has 4 rings (SSSR count). The van der Waals surface area contributed by atoms with Gasteiger partial charge in [-0.1, -0.05) is 37.3 Å². The predicted molar refractivity (Wildman–Crippen MR) is 114 cm³/mol. The highest BCUT2D eigenvalue weighted by Gasteiger charge is 2.14. The van der Waals surface area contributed by atoms with E-state index in [1.165, 1.54) is 27.6 Å². The summed E-state index contributed by atoms with van der Waals surface area (Å²) >= 11 is 0. The maximum Gasteiger partial charge on any atom is 0.122 e. The number of methoxy groups -OCH3 is 1. The number of para-hydroxylation sites is 1. The molecule has 0 aliphatic heterocycles. The van der Waals surface area contributed by atoms with E-state index in [1.54, 1.807) is 7.11 Å². The third kappa shape index (κ3) is 2.85. The molecule has 0 spiro atoms. The van der Waals surface area contributed by atoms with Crippen LogP contribution in [0.3, 0.4) is 0 Å². The van der Waals surface area contributed by atoms with Crippen LogP contribution in [-0.2, 0) is 6.42 Å². The van der Waals surface area contributed by atoms with E-state index in [2.05, 4.69) is 67.1 Å². The number of hydrogen-bond acceptors (Lipinski definition) is 2. The highest BCUT2D eigenvalue weighted by molar-refractivity contribution is 5.98. The first-order valence-corrected chi connectivity index (χ1v) is 9.27. The Morgan fingerprint density at radius 1 is 0.963 bits per heavy atom. The van der Waals surface area contributed by atoms with Crippen LogP contribution in [0.1, 0.15) is 18.1 Å². The van der Waals surface area contributed by atoms with Crippen molar-refractivity contribution in [2.75, 3.05) is 12.8 Å². The van der Waals surface area contributed by atoms with Gasteiger partial charge in [-0.25, -0.2) is 0 Å². The zero-order chi connectivity index (χ0) is 19.0. The van der Waals surface area contributed by atoms with E-state index in [0.29, 0.717) is 0 Å². The zero-order valence-electron chi connectivity index (χ0n) is 16.0. The van der Waals surface area contributed by atoms with Gasteiger partial charge in [-0.05, 0) is 60.4 Å². The third-order valence-corrected chi connectivity index (χ3v) is 5.30. The van der Waals surface area contributed by atoms with Crippen LogP contribution in [0, 0.1) is 6.92 Å². The molecule has 3 aromatic carbocycles. The van der Waals surface area contributed by atoms with Gasteiger partial charge < -0.3 is 15.0 Å². The lowest BCUT2D eigenvalue weighted by Crippen LogP contribution is -1.96. The van der Waals surface area contributed by atoms with Gasteiger partial charge >= 0.3 is 0 Å². The molecule has 0 fully saturated rings. The smallest absolute Gasteiger partial charge is 0.122 e. The molecular weight excluding hydrogens is 332 g/mol. The molecule has 3 heteroatoms. The SMILES string of the molecule is CCc1cc(-n2cc(-c3cccc(N)c3C)c3ccccc32)ccc1OC. The minimum Gasteiger partial charge on any atom is -0.496 e. The molecule has 1 heterocycles. The van der Waals surface area contributed by atoms with Crippen molar-refractivity contribution >= 4 is 16.6 Å². The van der Waals surface area contributed by atoms with Crippen molar-refractivity contribution in [3.63, 3.8) is 0 Å². The van der Waals surface area contributed by atoms with Gasteiger partial charge in [0.05, 0.1) is 12.6 Å². The molecule has 0 saturated carbocycles. The van der Waals surface area contributed by atoms with Gasteiger partial charge in [0.1, 0.15) is 5.75 Å². The van der Waals surface area contributed by atoms with E-state index in [0.717, 1.165) is 29.1 Å². The number of benzene rings is 3. The van der Waals surface area contributed by atoms with Gasteiger partial charge in [0.25, 0.3) is 0 Å². The Kier molecular flexibility index (Phi) is 4.36. The fraction of sp³-hybridized carbons (Fsp3) is 0.167. The summed E-state index contributed by atoms with van der Waals surface area (Å²) in [6.07, 6.45) is 3.14. The number of nitrogens with two attached hydrogens (primary N) is 1. The zero-order valence-corrected chi connectivity index (χ0v) is 16.0. The highest BCUT2D eigenvalue weighted by Crippen LogP contribution is 2.36. The van der Waals surface area contributed by atoms with Gasteiger partial charge in [-0.3, -0.25) is 0 Å². The van der Waals surface area contributed by atoms with Gasteiger partial charge in [-0.2, -0.15) is 0 Å². The van der Waals surface area contributed by atoms with E-state index in [1.807, 2.05) is 18.2 Å². The second-order valence-corrected chi connectivity index (χ2v) is 6.80. The molecular formula is C24H24N2O. The number of nitrogens with zero attached hydrogens (tertiary/aromatic N) is 1. The van der Waals surface area contributed by atoms with E-state index in [9.17, 15) is 0 Å². The van der Waals surface area contributed by atoms with Gasteiger partial charge in [0, 0.05) is 28.5 Å². The standard InChI is InChI=1S/C24H24N2O/c1-4-17-14-18(12-13-24(17)27-3)26-15-21(20-8-5-6-11-23(20)26)19-9-7-10-22(25)16(19)2/h5-15H,4,25H2,1-3H3. The molecule has 0 atom stereocenters. The Bertz CT molecular complexity index is 1120. The summed E-state index contributed by atoms with van der Waals surface area (Å²) in [6, 6.07) is 21.0. The van der Waals surface area contributed by atoms with E-state index in [-0.39, 0.29) is 0 Å². The molecule has 0 unspecified atom stereocenters.